The molecule has 6 aromatic carbocycles. The van der Waals surface area contributed by atoms with Gasteiger partial charge in [-0.15, -0.1) is 0 Å². The predicted molar refractivity (Wildman–Crippen MR) is 199 cm³/mol. The molecule has 0 aliphatic carbocycles. The minimum atomic E-state index is 0.276. The Hall–Kier alpha value is -5.80. The lowest BCUT2D eigenvalue weighted by Crippen LogP contribution is -2.17. The van der Waals surface area contributed by atoms with Crippen LogP contribution >= 0.6 is 0 Å². The van der Waals surface area contributed by atoms with E-state index in [1.807, 2.05) is 6.20 Å². The topological polar surface area (TPSA) is 30.2 Å². The minimum Gasteiger partial charge on any atom is -0.309 e. The highest BCUT2D eigenvalue weighted by Gasteiger charge is 2.18. The average Bonchev–Trinajstić information content (AvgIpc) is 3.47. The number of benzene rings is 6. The van der Waals surface area contributed by atoms with Crippen LogP contribution < -0.4 is 0 Å². The Kier molecular flexibility index (Phi) is 6.39. The lowest BCUT2D eigenvalue weighted by Gasteiger charge is -2.18. The number of rotatable bonds is 4. The monoisotopic (exact) mass is 603 g/mol. The highest BCUT2D eigenvalue weighted by atomic mass is 15.0. The highest BCUT2D eigenvalue weighted by molar-refractivity contribution is 6.19. The highest BCUT2D eigenvalue weighted by Crippen LogP contribution is 2.40. The van der Waals surface area contributed by atoms with Gasteiger partial charge < -0.3 is 4.57 Å². The van der Waals surface area contributed by atoms with Gasteiger partial charge in [0.2, 0.25) is 0 Å². The van der Waals surface area contributed by atoms with Crippen molar-refractivity contribution in [3.63, 3.8) is 0 Å². The zero-order chi connectivity index (χ0) is 31.5. The van der Waals surface area contributed by atoms with Crippen molar-refractivity contribution in [3.8, 4) is 28.1 Å². The number of fused-ring (bicyclic) bond motifs is 6. The van der Waals surface area contributed by atoms with Crippen molar-refractivity contribution in [1.29, 1.82) is 0 Å². The summed E-state index contributed by atoms with van der Waals surface area (Å²) < 4.78 is 2.42. The Morgan fingerprint density at radius 2 is 1.34 bits per heavy atom. The van der Waals surface area contributed by atoms with E-state index >= 15 is 0 Å². The molecular weight excluding hydrogens is 571 g/mol. The number of hydrogen-bond acceptors (Lipinski definition) is 2. The van der Waals surface area contributed by atoms with Crippen molar-refractivity contribution in [2.45, 2.75) is 19.9 Å². The van der Waals surface area contributed by atoms with Crippen molar-refractivity contribution in [1.82, 2.24) is 9.55 Å². The lowest BCUT2D eigenvalue weighted by atomic mass is 9.95. The molecule has 1 aliphatic heterocycles. The lowest BCUT2D eigenvalue weighted by molar-refractivity contribution is 0.579. The summed E-state index contributed by atoms with van der Waals surface area (Å²) in [5.41, 5.74) is 10.1. The molecule has 0 spiro atoms. The quantitative estimate of drug-likeness (QED) is 0.197. The van der Waals surface area contributed by atoms with E-state index in [1.165, 1.54) is 54.5 Å². The summed E-state index contributed by atoms with van der Waals surface area (Å²) in [7, 11) is 0. The van der Waals surface area contributed by atoms with Gasteiger partial charge in [0, 0.05) is 39.2 Å². The van der Waals surface area contributed by atoms with Crippen molar-refractivity contribution in [2.24, 2.45) is 10.9 Å². The first-order chi connectivity index (χ1) is 23.1. The molecular formula is C44H33N3. The Bertz CT molecular complexity index is 2530. The van der Waals surface area contributed by atoms with E-state index in [-0.39, 0.29) is 6.04 Å². The van der Waals surface area contributed by atoms with Crippen LogP contribution in [-0.2, 0) is 0 Å². The van der Waals surface area contributed by atoms with Gasteiger partial charge >= 0.3 is 0 Å². The second kappa shape index (κ2) is 10.9. The molecule has 0 saturated heterocycles. The van der Waals surface area contributed by atoms with Gasteiger partial charge in [-0.1, -0.05) is 110 Å². The molecule has 3 heterocycles. The number of aromatic nitrogens is 2. The summed E-state index contributed by atoms with van der Waals surface area (Å²) in [6.07, 6.45) is 6.33. The smallest absolute Gasteiger partial charge is 0.0703 e. The van der Waals surface area contributed by atoms with Crippen molar-refractivity contribution < 1.29 is 0 Å². The summed E-state index contributed by atoms with van der Waals surface area (Å²) in [6.45, 7) is 4.38. The van der Waals surface area contributed by atoms with Crippen LogP contribution in [0.2, 0.25) is 0 Å². The number of para-hydroxylation sites is 1. The maximum absolute atomic E-state index is 4.92. The van der Waals surface area contributed by atoms with E-state index < -0.39 is 0 Å². The van der Waals surface area contributed by atoms with E-state index in [0.29, 0.717) is 5.92 Å². The zero-order valence-electron chi connectivity index (χ0n) is 26.4. The first-order valence-electron chi connectivity index (χ1n) is 16.4. The molecule has 3 nitrogen and oxygen atoms in total. The normalized spacial score (nSPS) is 16.3. The Labute approximate surface area is 274 Å². The van der Waals surface area contributed by atoms with E-state index in [4.69, 9.17) is 9.98 Å². The summed E-state index contributed by atoms with van der Waals surface area (Å²) in [6, 6.07) is 48.7. The number of pyridine rings is 1. The van der Waals surface area contributed by atoms with E-state index in [9.17, 15) is 0 Å². The van der Waals surface area contributed by atoms with Crippen molar-refractivity contribution in [2.75, 3.05) is 0 Å². The SMILES string of the molecule is CC1C=CC(c2ccc(-c3ccc4c5ccc6cc(-c7cccc8ccccc78)ccc6c5n(-c5ccccc5)c4c3)nc2)=NC1C. The number of aliphatic imine (C=N–C) groups is 1. The summed E-state index contributed by atoms with van der Waals surface area (Å²) in [5.74, 6) is 0.456. The molecule has 0 N–H and O–H groups in total. The fourth-order valence-corrected chi connectivity index (χ4v) is 7.16. The van der Waals surface area contributed by atoms with Crippen LogP contribution in [0.1, 0.15) is 19.4 Å². The van der Waals surface area contributed by atoms with Gasteiger partial charge in [-0.3, -0.25) is 9.98 Å². The van der Waals surface area contributed by atoms with Gasteiger partial charge in [0.05, 0.1) is 28.5 Å². The van der Waals surface area contributed by atoms with Crippen LogP contribution in [0.5, 0.6) is 0 Å². The molecule has 8 aromatic rings. The van der Waals surface area contributed by atoms with Crippen LogP contribution in [0.15, 0.2) is 157 Å². The number of hydrogen-bond donors (Lipinski definition) is 0. The fourth-order valence-electron chi connectivity index (χ4n) is 7.16. The van der Waals surface area contributed by atoms with Crippen LogP contribution in [-0.4, -0.2) is 21.3 Å². The molecule has 2 aromatic heterocycles. The first kappa shape index (κ1) is 27.5. The Morgan fingerprint density at radius 3 is 2.19 bits per heavy atom. The molecule has 0 fully saturated rings. The number of allylic oxidation sites excluding steroid dienone is 1. The van der Waals surface area contributed by atoms with Gasteiger partial charge in [0.15, 0.2) is 0 Å². The molecule has 3 heteroatoms. The molecule has 2 unspecified atom stereocenters. The second-order valence-electron chi connectivity index (χ2n) is 12.7. The first-order valence-corrected chi connectivity index (χ1v) is 16.4. The van der Waals surface area contributed by atoms with Gasteiger partial charge in [-0.2, -0.15) is 0 Å². The average molecular weight is 604 g/mol. The van der Waals surface area contributed by atoms with Crippen molar-refractivity contribution in [3.05, 3.63) is 157 Å². The van der Waals surface area contributed by atoms with E-state index in [2.05, 4.69) is 164 Å². The van der Waals surface area contributed by atoms with E-state index in [1.54, 1.807) is 0 Å². The molecule has 2 atom stereocenters. The van der Waals surface area contributed by atoms with Crippen LogP contribution in [0.3, 0.4) is 0 Å². The standard InChI is InChI=1S/C44H33N3/c1-28-15-23-42(46-29(28)2)34-19-24-41(45-27-34)33-18-21-39-40-22-17-32-25-31(37-14-8-10-30-9-6-7-13-36(30)37)16-20-38(32)44(40)47(43(39)26-33)35-11-4-3-5-12-35/h3-29H,1-2H3. The summed E-state index contributed by atoms with van der Waals surface area (Å²) >= 11 is 0. The fraction of sp³-hybridized carbons (Fsp3) is 0.0909. The molecule has 0 amide bonds. The maximum atomic E-state index is 4.92. The molecule has 1 aliphatic rings. The van der Waals surface area contributed by atoms with Gasteiger partial charge in [0.25, 0.3) is 0 Å². The largest absolute Gasteiger partial charge is 0.309 e. The third-order valence-electron chi connectivity index (χ3n) is 9.88. The minimum absolute atomic E-state index is 0.276. The Balaban J connectivity index is 1.21. The predicted octanol–water partition coefficient (Wildman–Crippen LogP) is 11.2. The maximum Gasteiger partial charge on any atom is 0.0703 e. The van der Waals surface area contributed by atoms with Gasteiger partial charge in [-0.25, -0.2) is 0 Å². The van der Waals surface area contributed by atoms with Crippen LogP contribution in [0.4, 0.5) is 0 Å². The van der Waals surface area contributed by atoms with Crippen molar-refractivity contribution >= 4 is 49.1 Å². The van der Waals surface area contributed by atoms with E-state index in [0.717, 1.165) is 28.2 Å². The summed E-state index contributed by atoms with van der Waals surface area (Å²) in [5, 5.41) is 7.47. The zero-order valence-corrected chi connectivity index (χ0v) is 26.4. The molecule has 0 radical (unpaired) electrons. The number of nitrogens with zero attached hydrogens (tertiary/aromatic N) is 3. The Morgan fingerprint density at radius 1 is 0.574 bits per heavy atom. The third-order valence-corrected chi connectivity index (χ3v) is 9.88. The molecule has 47 heavy (non-hydrogen) atoms. The molecule has 224 valence electrons. The summed E-state index contributed by atoms with van der Waals surface area (Å²) in [4.78, 5) is 9.81. The van der Waals surface area contributed by atoms with Crippen LogP contribution in [0, 0.1) is 5.92 Å². The molecule has 9 rings (SSSR count). The molecule has 0 bridgehead atoms. The number of dihydropyridines is 1. The van der Waals surface area contributed by atoms with Crippen LogP contribution in [0.25, 0.3) is 71.4 Å². The van der Waals surface area contributed by atoms with Gasteiger partial charge in [0.1, 0.15) is 0 Å². The van der Waals surface area contributed by atoms with Gasteiger partial charge in [-0.05, 0) is 82.6 Å². The second-order valence-corrected chi connectivity index (χ2v) is 12.7. The molecule has 0 saturated carbocycles. The third kappa shape index (κ3) is 4.58.